The first-order valence-electron chi connectivity index (χ1n) is 3.41. The van der Waals surface area contributed by atoms with Gasteiger partial charge < -0.3 is 0 Å². The van der Waals surface area contributed by atoms with Crippen molar-refractivity contribution in [3.63, 3.8) is 0 Å². The summed E-state index contributed by atoms with van der Waals surface area (Å²) < 4.78 is 57.5. The van der Waals surface area contributed by atoms with Gasteiger partial charge in [0.25, 0.3) is 0 Å². The summed E-state index contributed by atoms with van der Waals surface area (Å²) >= 11 is 0. The van der Waals surface area contributed by atoms with Crippen LogP contribution in [0.15, 0.2) is 0 Å². The highest BCUT2D eigenvalue weighted by atomic mass is 32.2. The summed E-state index contributed by atoms with van der Waals surface area (Å²) in [6.45, 7) is 0. The van der Waals surface area contributed by atoms with Gasteiger partial charge in [0.2, 0.25) is 0 Å². The van der Waals surface area contributed by atoms with Crippen LogP contribution in [0.5, 0.6) is 0 Å². The summed E-state index contributed by atoms with van der Waals surface area (Å²) in [6.07, 6.45) is 1.77. The molecule has 0 heterocycles. The van der Waals surface area contributed by atoms with Crippen LogP contribution in [0, 0.1) is 0 Å². The Bertz CT molecular complexity index is 254. The fourth-order valence-electron chi connectivity index (χ4n) is 0.812. The van der Waals surface area contributed by atoms with Gasteiger partial charge in [0, 0.05) is 6.04 Å². The zero-order valence-corrected chi connectivity index (χ0v) is 6.87. The van der Waals surface area contributed by atoms with Gasteiger partial charge in [-0.15, -0.1) is 0 Å². The Morgan fingerprint density at radius 3 is 2.00 bits per heavy atom. The molecule has 0 radical (unpaired) electrons. The van der Waals surface area contributed by atoms with Crippen molar-refractivity contribution in [3.05, 3.63) is 0 Å². The van der Waals surface area contributed by atoms with Crippen LogP contribution < -0.4 is 4.72 Å². The second kappa shape index (κ2) is 2.88. The van der Waals surface area contributed by atoms with Gasteiger partial charge >= 0.3 is 15.5 Å². The zero-order valence-electron chi connectivity index (χ0n) is 6.06. The van der Waals surface area contributed by atoms with E-state index >= 15 is 0 Å². The molecule has 1 N–H and O–H groups in total. The van der Waals surface area contributed by atoms with Gasteiger partial charge in [0.15, 0.2) is 0 Å². The molecule has 0 atom stereocenters. The Kier molecular flexibility index (Phi) is 2.35. The Morgan fingerprint density at radius 2 is 1.75 bits per heavy atom. The number of sulfonamides is 1. The van der Waals surface area contributed by atoms with E-state index < -0.39 is 21.6 Å². The maximum atomic E-state index is 11.7. The molecule has 0 unspecified atom stereocenters. The fraction of sp³-hybridized carbons (Fsp3) is 1.00. The molecule has 1 aliphatic rings. The molecule has 12 heavy (non-hydrogen) atoms. The van der Waals surface area contributed by atoms with E-state index in [1.165, 1.54) is 0 Å². The summed E-state index contributed by atoms with van der Waals surface area (Å²) in [5.41, 5.74) is -5.18. The van der Waals surface area contributed by atoms with Gasteiger partial charge in [0.05, 0.1) is 0 Å². The normalized spacial score (nSPS) is 20.6. The van der Waals surface area contributed by atoms with E-state index in [0.29, 0.717) is 12.8 Å². The molecular weight excluding hydrogens is 195 g/mol. The minimum Gasteiger partial charge on any atom is -0.204 e. The first-order valence-corrected chi connectivity index (χ1v) is 4.90. The smallest absolute Gasteiger partial charge is 0.204 e. The van der Waals surface area contributed by atoms with Crippen LogP contribution in [0.3, 0.4) is 0 Å². The van der Waals surface area contributed by atoms with E-state index in [-0.39, 0.29) is 0 Å². The van der Waals surface area contributed by atoms with Crippen LogP contribution in [-0.2, 0) is 10.0 Å². The van der Waals surface area contributed by atoms with Crippen molar-refractivity contribution in [2.45, 2.75) is 30.8 Å². The highest BCUT2D eigenvalue weighted by Gasteiger charge is 2.47. The second-order valence-electron chi connectivity index (χ2n) is 2.69. The summed E-state index contributed by atoms with van der Waals surface area (Å²) in [7, 11) is -5.11. The maximum Gasteiger partial charge on any atom is 0.511 e. The average molecular weight is 203 g/mol. The van der Waals surface area contributed by atoms with Crippen LogP contribution in [0.1, 0.15) is 19.3 Å². The molecule has 0 saturated heterocycles. The van der Waals surface area contributed by atoms with Crippen molar-refractivity contribution in [2.24, 2.45) is 0 Å². The van der Waals surface area contributed by atoms with Crippen molar-refractivity contribution in [1.82, 2.24) is 4.72 Å². The summed E-state index contributed by atoms with van der Waals surface area (Å²) in [6, 6.07) is -0.517. The Labute approximate surface area is 68.0 Å². The van der Waals surface area contributed by atoms with Gasteiger partial charge in [-0.05, 0) is 12.8 Å². The molecule has 7 heteroatoms. The third-order valence-corrected chi connectivity index (χ3v) is 2.98. The van der Waals surface area contributed by atoms with Gasteiger partial charge in [-0.25, -0.2) is 13.1 Å². The van der Waals surface area contributed by atoms with Crippen molar-refractivity contribution in [1.29, 1.82) is 0 Å². The molecule has 0 aromatic rings. The lowest BCUT2D eigenvalue weighted by atomic mass is 9.94. The van der Waals surface area contributed by atoms with Crippen molar-refractivity contribution in [2.75, 3.05) is 0 Å². The zero-order chi connectivity index (χ0) is 9.41. The molecule has 0 aliphatic heterocycles. The first-order chi connectivity index (χ1) is 5.33. The predicted molar refractivity (Wildman–Crippen MR) is 35.7 cm³/mol. The maximum absolute atomic E-state index is 11.7. The van der Waals surface area contributed by atoms with Crippen LogP contribution in [-0.4, -0.2) is 20.0 Å². The fourth-order valence-corrected chi connectivity index (χ4v) is 1.62. The third kappa shape index (κ3) is 1.89. The SMILES string of the molecule is O=S(=O)(NC1CCC1)C(F)(F)F. The average Bonchev–Trinajstić information content (AvgIpc) is 1.76. The molecule has 1 rings (SSSR count). The Balaban J connectivity index is 2.60. The van der Waals surface area contributed by atoms with Crippen LogP contribution >= 0.6 is 0 Å². The monoisotopic (exact) mass is 203 g/mol. The summed E-state index contributed by atoms with van der Waals surface area (Å²) in [5.74, 6) is 0. The van der Waals surface area contributed by atoms with E-state index in [1.807, 2.05) is 0 Å². The largest absolute Gasteiger partial charge is 0.511 e. The van der Waals surface area contributed by atoms with Gasteiger partial charge in [0.1, 0.15) is 0 Å². The molecule has 0 spiro atoms. The quantitative estimate of drug-likeness (QED) is 0.727. The molecule has 1 aliphatic carbocycles. The number of hydrogen-bond donors (Lipinski definition) is 1. The number of alkyl halides is 3. The molecule has 0 aromatic carbocycles. The van der Waals surface area contributed by atoms with Gasteiger partial charge in [-0.3, -0.25) is 0 Å². The molecule has 72 valence electrons. The van der Waals surface area contributed by atoms with Crippen LogP contribution in [0.4, 0.5) is 13.2 Å². The lowest BCUT2D eigenvalue weighted by Gasteiger charge is -2.26. The van der Waals surface area contributed by atoms with Crippen molar-refractivity contribution < 1.29 is 21.6 Å². The van der Waals surface area contributed by atoms with Crippen molar-refractivity contribution >= 4 is 10.0 Å². The van der Waals surface area contributed by atoms with Crippen molar-refractivity contribution in [3.8, 4) is 0 Å². The Hall–Kier alpha value is -0.300. The molecule has 0 aromatic heterocycles. The topological polar surface area (TPSA) is 46.2 Å². The summed E-state index contributed by atoms with van der Waals surface area (Å²) in [5, 5.41) is 0. The number of rotatable bonds is 2. The number of hydrogen-bond acceptors (Lipinski definition) is 2. The lowest BCUT2D eigenvalue weighted by molar-refractivity contribution is -0.0453. The second-order valence-corrected chi connectivity index (χ2v) is 4.40. The highest BCUT2D eigenvalue weighted by molar-refractivity contribution is 7.90. The molecule has 0 bridgehead atoms. The first kappa shape index (κ1) is 9.79. The minimum atomic E-state index is -5.18. The molecular formula is C5H8F3NO2S. The number of halogens is 3. The molecule has 0 amide bonds. The highest BCUT2D eigenvalue weighted by Crippen LogP contribution is 2.26. The standard InChI is InChI=1S/C5H8F3NO2S/c6-5(7,8)12(10,11)9-4-2-1-3-4/h4,9H,1-3H2. The Morgan fingerprint density at radius 1 is 1.25 bits per heavy atom. The molecule has 3 nitrogen and oxygen atoms in total. The number of nitrogens with one attached hydrogen (secondary N) is 1. The molecule has 1 saturated carbocycles. The van der Waals surface area contributed by atoms with E-state index in [9.17, 15) is 21.6 Å². The lowest BCUT2D eigenvalue weighted by Crippen LogP contribution is -2.45. The third-order valence-electron chi connectivity index (χ3n) is 1.73. The van der Waals surface area contributed by atoms with Gasteiger partial charge in [-0.1, -0.05) is 6.42 Å². The van der Waals surface area contributed by atoms with Crippen LogP contribution in [0.2, 0.25) is 0 Å². The molecule has 1 fully saturated rings. The van der Waals surface area contributed by atoms with E-state index in [2.05, 4.69) is 0 Å². The van der Waals surface area contributed by atoms with E-state index in [0.717, 1.165) is 6.42 Å². The van der Waals surface area contributed by atoms with Gasteiger partial charge in [-0.2, -0.15) is 13.2 Å². The summed E-state index contributed by atoms with van der Waals surface area (Å²) in [4.78, 5) is 0. The minimum absolute atomic E-state index is 0.495. The predicted octanol–water partition coefficient (Wildman–Crippen LogP) is 0.978. The van der Waals surface area contributed by atoms with E-state index in [1.54, 1.807) is 4.72 Å². The van der Waals surface area contributed by atoms with Crippen LogP contribution in [0.25, 0.3) is 0 Å². The van der Waals surface area contributed by atoms with E-state index in [4.69, 9.17) is 0 Å².